The summed E-state index contributed by atoms with van der Waals surface area (Å²) in [5.41, 5.74) is 1.90. The van der Waals surface area contributed by atoms with Crippen LogP contribution in [0.4, 0.5) is 11.4 Å². The maximum absolute atomic E-state index is 13.0. The van der Waals surface area contributed by atoms with Gasteiger partial charge in [-0.2, -0.15) is 0 Å². The van der Waals surface area contributed by atoms with Crippen LogP contribution in [0.2, 0.25) is 5.02 Å². The molecule has 4 amide bonds. The van der Waals surface area contributed by atoms with Crippen molar-refractivity contribution < 1.29 is 19.2 Å². The van der Waals surface area contributed by atoms with E-state index in [9.17, 15) is 19.2 Å². The molecular weight excluding hydrogens is 420 g/mol. The number of anilines is 2. The number of rotatable bonds is 6. The Labute approximate surface area is 183 Å². The standard InChI is InChI=1S/C22H21ClN4O4/c1-12(28)25-17-9-6-13(23)10-18(17)26-19(29)11-24-21(30)20-15-4-2-3-5-16(15)22(31)27(20)14-7-8-14/h2-6,9-10,14,20H,7-8,11H2,1H3,(H,24,30)(H,25,28)(H,26,29). The summed E-state index contributed by atoms with van der Waals surface area (Å²) in [5, 5.41) is 8.27. The lowest BCUT2D eigenvalue weighted by molar-refractivity contribution is -0.127. The molecule has 0 spiro atoms. The van der Waals surface area contributed by atoms with E-state index in [4.69, 9.17) is 11.6 Å². The Hall–Kier alpha value is -3.39. The quantitative estimate of drug-likeness (QED) is 0.641. The SMILES string of the molecule is CC(=O)Nc1ccc(Cl)cc1NC(=O)CNC(=O)C1c2ccccc2C(=O)N1C1CC1. The molecular formula is C22H21ClN4O4. The number of carbonyl (C=O) groups is 4. The molecule has 1 aliphatic carbocycles. The number of hydrogen-bond donors (Lipinski definition) is 3. The normalized spacial score (nSPS) is 17.2. The van der Waals surface area contributed by atoms with Gasteiger partial charge in [0.15, 0.2) is 0 Å². The van der Waals surface area contributed by atoms with Crippen molar-refractivity contribution in [3.63, 3.8) is 0 Å². The molecule has 4 rings (SSSR count). The van der Waals surface area contributed by atoms with Gasteiger partial charge in [0, 0.05) is 23.6 Å². The molecule has 1 fully saturated rings. The van der Waals surface area contributed by atoms with E-state index in [0.29, 0.717) is 27.5 Å². The number of fused-ring (bicyclic) bond motifs is 1. The third-order valence-electron chi connectivity index (χ3n) is 5.18. The van der Waals surface area contributed by atoms with Crippen LogP contribution >= 0.6 is 11.6 Å². The van der Waals surface area contributed by atoms with Crippen molar-refractivity contribution in [2.24, 2.45) is 0 Å². The number of nitrogens with one attached hydrogen (secondary N) is 3. The molecule has 31 heavy (non-hydrogen) atoms. The fourth-order valence-electron chi connectivity index (χ4n) is 3.71. The maximum atomic E-state index is 13.0. The van der Waals surface area contributed by atoms with E-state index < -0.39 is 17.9 Å². The summed E-state index contributed by atoms with van der Waals surface area (Å²) < 4.78 is 0. The first-order chi connectivity index (χ1) is 14.8. The third-order valence-corrected chi connectivity index (χ3v) is 5.41. The van der Waals surface area contributed by atoms with Gasteiger partial charge < -0.3 is 20.9 Å². The molecule has 0 aromatic heterocycles. The molecule has 0 radical (unpaired) electrons. The molecule has 1 aliphatic heterocycles. The number of hydrogen-bond acceptors (Lipinski definition) is 4. The largest absolute Gasteiger partial charge is 0.345 e. The predicted octanol–water partition coefficient (Wildman–Crippen LogP) is 2.71. The average molecular weight is 441 g/mol. The highest BCUT2D eigenvalue weighted by molar-refractivity contribution is 6.31. The lowest BCUT2D eigenvalue weighted by Gasteiger charge is -2.24. The Morgan fingerprint density at radius 3 is 2.52 bits per heavy atom. The second-order valence-corrected chi connectivity index (χ2v) is 8.01. The average Bonchev–Trinajstić information content (AvgIpc) is 3.52. The molecule has 1 heterocycles. The topological polar surface area (TPSA) is 108 Å². The Morgan fingerprint density at radius 2 is 1.81 bits per heavy atom. The lowest BCUT2D eigenvalue weighted by atomic mass is 10.0. The van der Waals surface area contributed by atoms with Crippen molar-refractivity contribution in [2.75, 3.05) is 17.2 Å². The number of carbonyl (C=O) groups excluding carboxylic acids is 4. The van der Waals surface area contributed by atoms with Crippen LogP contribution in [0.3, 0.4) is 0 Å². The molecule has 8 nitrogen and oxygen atoms in total. The maximum Gasteiger partial charge on any atom is 0.255 e. The van der Waals surface area contributed by atoms with E-state index in [1.54, 1.807) is 41.3 Å². The van der Waals surface area contributed by atoms with Crippen LogP contribution in [0.15, 0.2) is 42.5 Å². The summed E-state index contributed by atoms with van der Waals surface area (Å²) in [6.07, 6.45) is 1.73. The van der Waals surface area contributed by atoms with Crippen LogP contribution in [-0.4, -0.2) is 41.1 Å². The molecule has 1 saturated carbocycles. The summed E-state index contributed by atoms with van der Waals surface area (Å²) in [4.78, 5) is 51.1. The molecule has 0 saturated heterocycles. The smallest absolute Gasteiger partial charge is 0.255 e. The van der Waals surface area contributed by atoms with Gasteiger partial charge in [-0.25, -0.2) is 0 Å². The van der Waals surface area contributed by atoms with Crippen LogP contribution < -0.4 is 16.0 Å². The molecule has 0 bridgehead atoms. The van der Waals surface area contributed by atoms with E-state index in [-0.39, 0.29) is 24.4 Å². The molecule has 9 heteroatoms. The molecule has 1 atom stereocenters. The Kier molecular flexibility index (Phi) is 5.65. The van der Waals surface area contributed by atoms with E-state index in [0.717, 1.165) is 12.8 Å². The minimum atomic E-state index is -0.745. The first kappa shape index (κ1) is 20.9. The summed E-state index contributed by atoms with van der Waals surface area (Å²) in [6, 6.07) is 11.0. The molecule has 2 aliphatic rings. The van der Waals surface area contributed by atoms with Crippen molar-refractivity contribution in [1.29, 1.82) is 0 Å². The third kappa shape index (κ3) is 4.39. The molecule has 160 valence electrons. The number of benzene rings is 2. The zero-order valence-electron chi connectivity index (χ0n) is 16.8. The van der Waals surface area contributed by atoms with Gasteiger partial charge in [0.1, 0.15) is 6.04 Å². The highest BCUT2D eigenvalue weighted by Crippen LogP contribution is 2.41. The van der Waals surface area contributed by atoms with E-state index >= 15 is 0 Å². The molecule has 3 N–H and O–H groups in total. The van der Waals surface area contributed by atoms with Gasteiger partial charge in [-0.05, 0) is 42.7 Å². The van der Waals surface area contributed by atoms with Gasteiger partial charge in [-0.15, -0.1) is 0 Å². The van der Waals surface area contributed by atoms with Crippen molar-refractivity contribution in [2.45, 2.75) is 31.8 Å². The first-order valence-electron chi connectivity index (χ1n) is 9.91. The lowest BCUT2D eigenvalue weighted by Crippen LogP contribution is -2.42. The van der Waals surface area contributed by atoms with Crippen LogP contribution in [0.5, 0.6) is 0 Å². The fraction of sp³-hybridized carbons (Fsp3) is 0.273. The predicted molar refractivity (Wildman–Crippen MR) is 116 cm³/mol. The summed E-state index contributed by atoms with van der Waals surface area (Å²) in [7, 11) is 0. The first-order valence-corrected chi connectivity index (χ1v) is 10.3. The Bertz CT molecular complexity index is 1080. The summed E-state index contributed by atoms with van der Waals surface area (Å²) in [6.45, 7) is 1.06. The minimum Gasteiger partial charge on any atom is -0.345 e. The second kappa shape index (κ2) is 8.39. The van der Waals surface area contributed by atoms with Gasteiger partial charge in [-0.1, -0.05) is 29.8 Å². The Morgan fingerprint density at radius 1 is 1.06 bits per heavy atom. The minimum absolute atomic E-state index is 0.0520. The van der Waals surface area contributed by atoms with Gasteiger partial charge in [-0.3, -0.25) is 19.2 Å². The fourth-order valence-corrected chi connectivity index (χ4v) is 3.88. The van der Waals surface area contributed by atoms with E-state index in [1.807, 2.05) is 0 Å². The van der Waals surface area contributed by atoms with Crippen LogP contribution in [0, 0.1) is 0 Å². The van der Waals surface area contributed by atoms with Gasteiger partial charge in [0.05, 0.1) is 17.9 Å². The second-order valence-electron chi connectivity index (χ2n) is 7.57. The van der Waals surface area contributed by atoms with Crippen LogP contribution in [0.1, 0.15) is 41.7 Å². The summed E-state index contributed by atoms with van der Waals surface area (Å²) in [5.74, 6) is -1.34. The van der Waals surface area contributed by atoms with E-state index in [2.05, 4.69) is 16.0 Å². The highest BCUT2D eigenvalue weighted by atomic mass is 35.5. The van der Waals surface area contributed by atoms with Crippen LogP contribution in [0.25, 0.3) is 0 Å². The monoisotopic (exact) mass is 440 g/mol. The van der Waals surface area contributed by atoms with Crippen molar-refractivity contribution in [3.05, 3.63) is 58.6 Å². The number of halogens is 1. The van der Waals surface area contributed by atoms with Gasteiger partial charge in [0.25, 0.3) is 5.91 Å². The zero-order valence-corrected chi connectivity index (χ0v) is 17.5. The van der Waals surface area contributed by atoms with Crippen LogP contribution in [-0.2, 0) is 14.4 Å². The number of amides is 4. The molecule has 2 aromatic rings. The molecule has 2 aromatic carbocycles. The van der Waals surface area contributed by atoms with E-state index in [1.165, 1.54) is 13.0 Å². The van der Waals surface area contributed by atoms with Crippen molar-refractivity contribution in [3.8, 4) is 0 Å². The summed E-state index contributed by atoms with van der Waals surface area (Å²) >= 11 is 5.99. The number of nitrogens with zero attached hydrogens (tertiary/aromatic N) is 1. The van der Waals surface area contributed by atoms with Gasteiger partial charge in [0.2, 0.25) is 17.7 Å². The molecule has 1 unspecified atom stereocenters. The highest BCUT2D eigenvalue weighted by Gasteiger charge is 2.47. The Balaban J connectivity index is 1.44. The van der Waals surface area contributed by atoms with Crippen molar-refractivity contribution in [1.82, 2.24) is 10.2 Å². The van der Waals surface area contributed by atoms with Crippen molar-refractivity contribution >= 4 is 46.6 Å². The zero-order chi connectivity index (χ0) is 22.1. The van der Waals surface area contributed by atoms with Gasteiger partial charge >= 0.3 is 0 Å².